The van der Waals surface area contributed by atoms with Crippen molar-refractivity contribution in [1.82, 2.24) is 5.43 Å². The Kier molecular flexibility index (Phi) is 5.87. The van der Waals surface area contributed by atoms with Gasteiger partial charge in [0.25, 0.3) is 17.5 Å². The number of non-ortho nitro benzene ring substituents is 1. The van der Waals surface area contributed by atoms with E-state index in [-0.39, 0.29) is 17.9 Å². The zero-order chi connectivity index (χ0) is 22.7. The molecule has 0 aromatic heterocycles. The minimum atomic E-state index is -0.506. The number of rotatable bonds is 6. The van der Waals surface area contributed by atoms with Gasteiger partial charge in [-0.1, -0.05) is 35.9 Å². The highest BCUT2D eigenvalue weighted by Crippen LogP contribution is 2.28. The van der Waals surface area contributed by atoms with Gasteiger partial charge in [0.15, 0.2) is 0 Å². The molecule has 8 nitrogen and oxygen atoms in total. The molecule has 1 N–H and O–H groups in total. The first-order valence-corrected chi connectivity index (χ1v) is 9.88. The van der Waals surface area contributed by atoms with Crippen LogP contribution >= 0.6 is 11.6 Å². The molecule has 3 aromatic rings. The Balaban J connectivity index is 1.47. The third-order valence-corrected chi connectivity index (χ3v) is 5.01. The highest BCUT2D eigenvalue weighted by atomic mass is 35.5. The van der Waals surface area contributed by atoms with E-state index in [1.165, 1.54) is 23.2 Å². The molecule has 1 aliphatic heterocycles. The number of nitrogens with one attached hydrogen (secondary N) is 1. The average molecular weight is 450 g/mol. The quantitative estimate of drug-likeness (QED) is 0.262. The highest BCUT2D eigenvalue weighted by Gasteiger charge is 2.34. The predicted molar refractivity (Wildman–Crippen MR) is 119 cm³/mol. The van der Waals surface area contributed by atoms with Gasteiger partial charge in [0.1, 0.15) is 17.9 Å². The Labute approximate surface area is 187 Å². The van der Waals surface area contributed by atoms with E-state index in [0.29, 0.717) is 22.0 Å². The number of hydrogen-bond acceptors (Lipinski definition) is 5. The van der Waals surface area contributed by atoms with E-state index in [2.05, 4.69) is 5.43 Å². The normalized spacial score (nSPS) is 14.5. The van der Waals surface area contributed by atoms with E-state index in [4.69, 9.17) is 16.3 Å². The summed E-state index contributed by atoms with van der Waals surface area (Å²) >= 11 is 6.31. The number of benzene rings is 3. The summed E-state index contributed by atoms with van der Waals surface area (Å²) in [5, 5.41) is 12.2. The smallest absolute Gasteiger partial charge is 0.282 e. The van der Waals surface area contributed by atoms with Gasteiger partial charge in [-0.2, -0.15) is 0 Å². The van der Waals surface area contributed by atoms with Crippen molar-refractivity contribution in [2.45, 2.75) is 6.61 Å². The van der Waals surface area contributed by atoms with Crippen LogP contribution in [-0.2, 0) is 16.2 Å². The number of anilines is 1. The number of ether oxygens (including phenoxy) is 1. The molecule has 0 radical (unpaired) electrons. The first-order valence-electron chi connectivity index (χ1n) is 9.50. The molecule has 3 aromatic carbocycles. The summed E-state index contributed by atoms with van der Waals surface area (Å²) in [6.07, 6.45) is 1.46. The first kappa shape index (κ1) is 21.1. The Morgan fingerprint density at radius 3 is 2.41 bits per heavy atom. The second-order valence-corrected chi connectivity index (χ2v) is 7.28. The summed E-state index contributed by atoms with van der Waals surface area (Å²) in [5.74, 6) is -0.565. The zero-order valence-corrected chi connectivity index (χ0v) is 17.3. The van der Waals surface area contributed by atoms with Gasteiger partial charge < -0.3 is 4.74 Å². The Morgan fingerprint density at radius 1 is 1.03 bits per heavy atom. The van der Waals surface area contributed by atoms with Crippen LogP contribution < -0.4 is 15.2 Å². The fourth-order valence-electron chi connectivity index (χ4n) is 3.08. The van der Waals surface area contributed by atoms with E-state index in [9.17, 15) is 19.7 Å². The third kappa shape index (κ3) is 4.45. The van der Waals surface area contributed by atoms with Crippen molar-refractivity contribution >= 4 is 40.9 Å². The van der Waals surface area contributed by atoms with E-state index >= 15 is 0 Å². The number of para-hydroxylation sites is 1. The van der Waals surface area contributed by atoms with Crippen molar-refractivity contribution in [2.24, 2.45) is 0 Å². The third-order valence-electron chi connectivity index (χ3n) is 4.71. The molecule has 0 aliphatic carbocycles. The zero-order valence-electron chi connectivity index (χ0n) is 16.5. The van der Waals surface area contributed by atoms with Crippen LogP contribution in [0.25, 0.3) is 6.08 Å². The van der Waals surface area contributed by atoms with Crippen LogP contribution in [-0.4, -0.2) is 16.7 Å². The number of nitro groups is 1. The number of amides is 2. The molecule has 9 heteroatoms. The largest absolute Gasteiger partial charge is 0.487 e. The lowest BCUT2D eigenvalue weighted by atomic mass is 10.1. The van der Waals surface area contributed by atoms with Gasteiger partial charge in [0, 0.05) is 12.1 Å². The maximum Gasteiger partial charge on any atom is 0.282 e. The molecule has 0 unspecified atom stereocenters. The van der Waals surface area contributed by atoms with Crippen molar-refractivity contribution in [1.29, 1.82) is 0 Å². The lowest BCUT2D eigenvalue weighted by Crippen LogP contribution is -2.35. The second-order valence-electron chi connectivity index (χ2n) is 6.88. The van der Waals surface area contributed by atoms with Crippen LogP contribution in [0.4, 0.5) is 11.4 Å². The minimum Gasteiger partial charge on any atom is -0.487 e. The molecule has 0 atom stereocenters. The number of halogens is 1. The molecule has 2 amide bonds. The molecule has 1 heterocycles. The maximum atomic E-state index is 12.7. The molecule has 160 valence electrons. The second kappa shape index (κ2) is 8.91. The van der Waals surface area contributed by atoms with Gasteiger partial charge >= 0.3 is 0 Å². The first-order chi connectivity index (χ1) is 15.4. The van der Waals surface area contributed by atoms with Gasteiger partial charge in [-0.15, -0.1) is 0 Å². The summed E-state index contributed by atoms with van der Waals surface area (Å²) in [4.78, 5) is 35.2. The Morgan fingerprint density at radius 2 is 1.75 bits per heavy atom. The standard InChI is InChI=1S/C23H16ClN3O5/c24-20-13-16(8-11-21(20)32-14-15-6-9-18(10-7-15)27(30)31)12-19-22(28)25-26(23(19)29)17-4-2-1-3-5-17/h1-13H,14H2,(H,25,28). The molecule has 1 aliphatic rings. The van der Waals surface area contributed by atoms with Gasteiger partial charge in [0.05, 0.1) is 15.6 Å². The summed E-state index contributed by atoms with van der Waals surface area (Å²) in [5.41, 5.74) is 4.39. The summed E-state index contributed by atoms with van der Waals surface area (Å²) in [6.45, 7) is 0.172. The number of hydrogen-bond donors (Lipinski definition) is 1. The van der Waals surface area contributed by atoms with E-state index < -0.39 is 16.7 Å². The molecule has 0 bridgehead atoms. The fourth-order valence-corrected chi connectivity index (χ4v) is 3.33. The average Bonchev–Trinajstić information content (AvgIpc) is 3.07. The van der Waals surface area contributed by atoms with E-state index in [1.807, 2.05) is 6.07 Å². The monoisotopic (exact) mass is 449 g/mol. The van der Waals surface area contributed by atoms with E-state index in [1.54, 1.807) is 54.6 Å². The highest BCUT2D eigenvalue weighted by molar-refractivity contribution is 6.33. The van der Waals surface area contributed by atoms with Gasteiger partial charge in [-0.25, -0.2) is 5.01 Å². The number of nitrogens with zero attached hydrogens (tertiary/aromatic N) is 2. The van der Waals surface area contributed by atoms with Gasteiger partial charge in [0.2, 0.25) is 0 Å². The fraction of sp³-hybridized carbons (Fsp3) is 0.0435. The van der Waals surface area contributed by atoms with Crippen LogP contribution in [0, 0.1) is 10.1 Å². The molecule has 1 fully saturated rings. The maximum absolute atomic E-state index is 12.7. The lowest BCUT2D eigenvalue weighted by molar-refractivity contribution is -0.384. The summed E-state index contributed by atoms with van der Waals surface area (Å²) < 4.78 is 5.69. The minimum absolute atomic E-state index is 0.000462. The van der Waals surface area contributed by atoms with Crippen molar-refractivity contribution in [3.05, 3.63) is 105 Å². The van der Waals surface area contributed by atoms with Crippen LogP contribution in [0.2, 0.25) is 5.02 Å². The molecule has 4 rings (SSSR count). The SMILES string of the molecule is O=C1NN(c2ccccc2)C(=O)C1=Cc1ccc(OCc2ccc([N+](=O)[O-])cc2)c(Cl)c1. The number of hydrazine groups is 1. The van der Waals surface area contributed by atoms with Crippen LogP contribution in [0.15, 0.2) is 78.4 Å². The number of nitro benzene ring substituents is 1. The summed E-state index contributed by atoms with van der Waals surface area (Å²) in [7, 11) is 0. The summed E-state index contributed by atoms with van der Waals surface area (Å²) in [6, 6.07) is 19.7. The number of carbonyl (C=O) groups excluding carboxylic acids is 2. The van der Waals surface area contributed by atoms with Crippen molar-refractivity contribution < 1.29 is 19.2 Å². The van der Waals surface area contributed by atoms with E-state index in [0.717, 1.165) is 5.56 Å². The molecule has 32 heavy (non-hydrogen) atoms. The lowest BCUT2D eigenvalue weighted by Gasteiger charge is -2.13. The molecule has 0 spiro atoms. The molecule has 1 saturated heterocycles. The van der Waals surface area contributed by atoms with Crippen LogP contribution in [0.1, 0.15) is 11.1 Å². The topological polar surface area (TPSA) is 102 Å². The molecular formula is C23H16ClN3O5. The van der Waals surface area contributed by atoms with Crippen molar-refractivity contribution in [3.8, 4) is 5.75 Å². The number of carbonyl (C=O) groups is 2. The van der Waals surface area contributed by atoms with Crippen LogP contribution in [0.5, 0.6) is 5.75 Å². The van der Waals surface area contributed by atoms with Gasteiger partial charge in [-0.05, 0) is 53.6 Å². The predicted octanol–water partition coefficient (Wildman–Crippen LogP) is 4.29. The van der Waals surface area contributed by atoms with Gasteiger partial charge in [-0.3, -0.25) is 25.1 Å². The molecule has 0 saturated carbocycles. The van der Waals surface area contributed by atoms with Crippen LogP contribution in [0.3, 0.4) is 0 Å². The van der Waals surface area contributed by atoms with Crippen molar-refractivity contribution in [2.75, 3.05) is 5.01 Å². The van der Waals surface area contributed by atoms with Crippen molar-refractivity contribution in [3.63, 3.8) is 0 Å². The Hall–Kier alpha value is -4.17. The molecular weight excluding hydrogens is 434 g/mol. The Bertz CT molecular complexity index is 1230.